The van der Waals surface area contributed by atoms with E-state index in [2.05, 4.69) is 26.1 Å². The summed E-state index contributed by atoms with van der Waals surface area (Å²) < 4.78 is 0. The molecule has 3 atom stereocenters. The van der Waals surface area contributed by atoms with Gasteiger partial charge in [-0.2, -0.15) is 0 Å². The van der Waals surface area contributed by atoms with E-state index in [0.717, 1.165) is 18.3 Å². The number of nitrogens with one attached hydrogen (secondary N) is 1. The largest absolute Gasteiger partial charge is 0.396 e. The zero-order valence-electron chi connectivity index (χ0n) is 9.79. The third kappa shape index (κ3) is 3.25. The lowest BCUT2D eigenvalue weighted by molar-refractivity contribution is 0.182. The predicted molar refractivity (Wildman–Crippen MR) is 60.3 cm³/mol. The van der Waals surface area contributed by atoms with Crippen LogP contribution in [-0.2, 0) is 0 Å². The SMILES string of the molecule is CC(CCO)NC1C(C)CCCC1C. The van der Waals surface area contributed by atoms with E-state index in [4.69, 9.17) is 5.11 Å². The summed E-state index contributed by atoms with van der Waals surface area (Å²) in [6, 6.07) is 1.11. The highest BCUT2D eigenvalue weighted by molar-refractivity contribution is 4.84. The van der Waals surface area contributed by atoms with Gasteiger partial charge in [0.2, 0.25) is 0 Å². The van der Waals surface area contributed by atoms with Crippen molar-refractivity contribution >= 4 is 0 Å². The van der Waals surface area contributed by atoms with Gasteiger partial charge in [0.1, 0.15) is 0 Å². The average molecular weight is 199 g/mol. The molecule has 0 saturated heterocycles. The van der Waals surface area contributed by atoms with Crippen molar-refractivity contribution in [3.05, 3.63) is 0 Å². The van der Waals surface area contributed by atoms with Crippen molar-refractivity contribution in [3.63, 3.8) is 0 Å². The van der Waals surface area contributed by atoms with E-state index in [0.29, 0.717) is 18.7 Å². The van der Waals surface area contributed by atoms with Gasteiger partial charge in [-0.3, -0.25) is 0 Å². The maximum atomic E-state index is 8.86. The molecule has 0 bridgehead atoms. The fourth-order valence-electron chi connectivity index (χ4n) is 2.62. The molecular formula is C12H25NO. The molecular weight excluding hydrogens is 174 g/mol. The van der Waals surface area contributed by atoms with Gasteiger partial charge in [-0.1, -0.05) is 20.3 Å². The molecule has 1 aliphatic rings. The quantitative estimate of drug-likeness (QED) is 0.727. The molecule has 1 aliphatic carbocycles. The van der Waals surface area contributed by atoms with Crippen molar-refractivity contribution in [1.29, 1.82) is 0 Å². The summed E-state index contributed by atoms with van der Waals surface area (Å²) in [6.07, 6.45) is 4.96. The number of aliphatic hydroxyl groups excluding tert-OH is 1. The molecule has 2 nitrogen and oxygen atoms in total. The minimum absolute atomic E-state index is 0.295. The maximum Gasteiger partial charge on any atom is 0.0445 e. The number of aliphatic hydroxyl groups is 1. The first-order valence-corrected chi connectivity index (χ1v) is 6.02. The van der Waals surface area contributed by atoms with Gasteiger partial charge in [0.15, 0.2) is 0 Å². The molecule has 2 heteroatoms. The normalized spacial score (nSPS) is 35.6. The van der Waals surface area contributed by atoms with Crippen molar-refractivity contribution in [1.82, 2.24) is 5.32 Å². The Morgan fingerprint density at radius 2 is 1.86 bits per heavy atom. The van der Waals surface area contributed by atoms with Gasteiger partial charge in [0, 0.05) is 18.7 Å². The van der Waals surface area contributed by atoms with E-state index < -0.39 is 0 Å². The van der Waals surface area contributed by atoms with Crippen LogP contribution in [0.3, 0.4) is 0 Å². The summed E-state index contributed by atoms with van der Waals surface area (Å²) in [5.41, 5.74) is 0. The van der Waals surface area contributed by atoms with Crippen LogP contribution in [-0.4, -0.2) is 23.8 Å². The summed E-state index contributed by atoms with van der Waals surface area (Å²) in [5.74, 6) is 1.58. The Bertz CT molecular complexity index is 150. The predicted octanol–water partition coefficient (Wildman–Crippen LogP) is 2.17. The van der Waals surface area contributed by atoms with Crippen LogP contribution >= 0.6 is 0 Å². The van der Waals surface area contributed by atoms with Crippen LogP contribution in [0.15, 0.2) is 0 Å². The molecule has 0 aliphatic heterocycles. The molecule has 1 fully saturated rings. The second-order valence-electron chi connectivity index (χ2n) is 4.99. The molecule has 0 amide bonds. The smallest absolute Gasteiger partial charge is 0.0445 e. The summed E-state index contributed by atoms with van der Waals surface area (Å²) in [7, 11) is 0. The van der Waals surface area contributed by atoms with Crippen LogP contribution in [0, 0.1) is 11.8 Å². The topological polar surface area (TPSA) is 32.3 Å². The number of hydrogen-bond acceptors (Lipinski definition) is 2. The van der Waals surface area contributed by atoms with Gasteiger partial charge >= 0.3 is 0 Å². The molecule has 0 radical (unpaired) electrons. The van der Waals surface area contributed by atoms with Crippen molar-refractivity contribution in [2.45, 2.75) is 58.5 Å². The Balaban J connectivity index is 2.39. The van der Waals surface area contributed by atoms with E-state index in [1.54, 1.807) is 0 Å². The van der Waals surface area contributed by atoms with Crippen LogP contribution < -0.4 is 5.32 Å². The lowest BCUT2D eigenvalue weighted by Crippen LogP contribution is -2.47. The first-order chi connectivity index (χ1) is 6.65. The molecule has 84 valence electrons. The molecule has 14 heavy (non-hydrogen) atoms. The minimum atomic E-state index is 0.295. The Morgan fingerprint density at radius 1 is 1.29 bits per heavy atom. The van der Waals surface area contributed by atoms with Gasteiger partial charge < -0.3 is 10.4 Å². The summed E-state index contributed by atoms with van der Waals surface area (Å²) in [6.45, 7) is 7.16. The van der Waals surface area contributed by atoms with Gasteiger partial charge in [-0.05, 0) is 38.0 Å². The van der Waals surface area contributed by atoms with E-state index in [1.807, 2.05) is 0 Å². The van der Waals surface area contributed by atoms with Crippen LogP contribution in [0.25, 0.3) is 0 Å². The number of hydrogen-bond donors (Lipinski definition) is 2. The highest BCUT2D eigenvalue weighted by Crippen LogP contribution is 2.29. The maximum absolute atomic E-state index is 8.86. The third-order valence-electron chi connectivity index (χ3n) is 3.58. The Morgan fingerprint density at radius 3 is 2.36 bits per heavy atom. The fraction of sp³-hybridized carbons (Fsp3) is 1.00. The number of rotatable bonds is 4. The molecule has 1 rings (SSSR count). The first kappa shape index (κ1) is 12.0. The molecule has 2 N–H and O–H groups in total. The van der Waals surface area contributed by atoms with Gasteiger partial charge in [-0.15, -0.1) is 0 Å². The van der Waals surface area contributed by atoms with Crippen LogP contribution in [0.4, 0.5) is 0 Å². The molecule has 0 aromatic heterocycles. The summed E-state index contributed by atoms with van der Waals surface area (Å²) in [5, 5.41) is 12.5. The van der Waals surface area contributed by atoms with Crippen molar-refractivity contribution in [3.8, 4) is 0 Å². The monoisotopic (exact) mass is 199 g/mol. The molecule has 1 saturated carbocycles. The third-order valence-corrected chi connectivity index (χ3v) is 3.58. The van der Waals surface area contributed by atoms with E-state index in [9.17, 15) is 0 Å². The molecule has 0 spiro atoms. The standard InChI is InChI=1S/C12H25NO/c1-9-5-4-6-10(2)12(9)13-11(3)7-8-14/h9-14H,4-8H2,1-3H3. The lowest BCUT2D eigenvalue weighted by Gasteiger charge is -2.37. The first-order valence-electron chi connectivity index (χ1n) is 6.02. The minimum Gasteiger partial charge on any atom is -0.396 e. The average Bonchev–Trinajstić information content (AvgIpc) is 2.12. The second-order valence-corrected chi connectivity index (χ2v) is 4.99. The zero-order chi connectivity index (χ0) is 10.6. The summed E-state index contributed by atoms with van der Waals surface area (Å²) in [4.78, 5) is 0. The fourth-order valence-corrected chi connectivity index (χ4v) is 2.62. The van der Waals surface area contributed by atoms with E-state index >= 15 is 0 Å². The van der Waals surface area contributed by atoms with Crippen molar-refractivity contribution in [2.75, 3.05) is 6.61 Å². The highest BCUT2D eigenvalue weighted by atomic mass is 16.3. The Hall–Kier alpha value is -0.0800. The molecule has 0 aromatic carbocycles. The van der Waals surface area contributed by atoms with E-state index in [1.165, 1.54) is 19.3 Å². The summed E-state index contributed by atoms with van der Waals surface area (Å²) >= 11 is 0. The van der Waals surface area contributed by atoms with Gasteiger partial charge in [0.05, 0.1) is 0 Å². The second kappa shape index (κ2) is 5.72. The Kier molecular flexibility index (Phi) is 4.90. The van der Waals surface area contributed by atoms with Crippen LogP contribution in [0.2, 0.25) is 0 Å². The van der Waals surface area contributed by atoms with Crippen molar-refractivity contribution < 1.29 is 5.11 Å². The molecule has 0 aromatic rings. The van der Waals surface area contributed by atoms with Gasteiger partial charge in [-0.25, -0.2) is 0 Å². The molecule has 3 unspecified atom stereocenters. The highest BCUT2D eigenvalue weighted by Gasteiger charge is 2.28. The van der Waals surface area contributed by atoms with Crippen molar-refractivity contribution in [2.24, 2.45) is 11.8 Å². The van der Waals surface area contributed by atoms with Crippen LogP contribution in [0.1, 0.15) is 46.5 Å². The zero-order valence-corrected chi connectivity index (χ0v) is 9.79. The Labute approximate surface area is 88.1 Å². The molecule has 0 heterocycles. The van der Waals surface area contributed by atoms with Crippen LogP contribution in [0.5, 0.6) is 0 Å². The van der Waals surface area contributed by atoms with E-state index in [-0.39, 0.29) is 0 Å². The lowest BCUT2D eigenvalue weighted by atomic mass is 9.78. The van der Waals surface area contributed by atoms with Gasteiger partial charge in [0.25, 0.3) is 0 Å².